The monoisotopic (exact) mass is 426 g/mol. The lowest BCUT2D eigenvalue weighted by atomic mass is 9.87. The van der Waals surface area contributed by atoms with Crippen molar-refractivity contribution in [2.75, 3.05) is 13.1 Å². The van der Waals surface area contributed by atoms with Crippen molar-refractivity contribution in [1.29, 1.82) is 0 Å². The Kier molecular flexibility index (Phi) is 7.45. The van der Waals surface area contributed by atoms with Gasteiger partial charge in [0.05, 0.1) is 6.04 Å². The van der Waals surface area contributed by atoms with Crippen molar-refractivity contribution in [1.82, 2.24) is 10.2 Å². The molecule has 0 saturated heterocycles. The van der Waals surface area contributed by atoms with E-state index >= 15 is 0 Å². The maximum atomic E-state index is 13.1. The van der Waals surface area contributed by atoms with Gasteiger partial charge in [0.2, 0.25) is 5.91 Å². The molecule has 5 heteroatoms. The summed E-state index contributed by atoms with van der Waals surface area (Å²) in [4.78, 5) is 27.0. The average molecular weight is 427 g/mol. The first-order valence-electron chi connectivity index (χ1n) is 11.7. The summed E-state index contributed by atoms with van der Waals surface area (Å²) in [6.07, 6.45) is 4.61. The fourth-order valence-corrected chi connectivity index (χ4v) is 4.71. The number of nitrogens with zero attached hydrogens (tertiary/aromatic N) is 1. The van der Waals surface area contributed by atoms with Crippen LogP contribution in [0.3, 0.4) is 0 Å². The Morgan fingerprint density at radius 2 is 1.94 bits per heavy atom. The number of benzene rings is 1. The number of ether oxygens (including phenoxy) is 1. The van der Waals surface area contributed by atoms with E-state index in [2.05, 4.69) is 48.3 Å². The van der Waals surface area contributed by atoms with E-state index in [1.807, 2.05) is 20.8 Å². The standard InChI is InChI=1S/C26H38N2O3/c1-18(2)16-23-22-17-19-10-6-7-11-20(19)21(22)13-15-28(23)24(29)12-8-9-14-27-25(30)31-26(3,4)5/h6-7,10-11,18,23H,8-9,12-17H2,1-5H3,(H,27,30). The molecule has 1 aliphatic carbocycles. The van der Waals surface area contributed by atoms with Gasteiger partial charge in [-0.15, -0.1) is 0 Å². The van der Waals surface area contributed by atoms with Crippen molar-refractivity contribution >= 4 is 17.6 Å². The number of hydrogen-bond donors (Lipinski definition) is 1. The molecule has 0 fully saturated rings. The van der Waals surface area contributed by atoms with E-state index in [0.29, 0.717) is 18.9 Å². The molecule has 3 rings (SSSR count). The van der Waals surface area contributed by atoms with E-state index in [9.17, 15) is 9.59 Å². The van der Waals surface area contributed by atoms with E-state index in [-0.39, 0.29) is 11.9 Å². The Balaban J connectivity index is 1.54. The predicted molar refractivity (Wildman–Crippen MR) is 125 cm³/mol. The van der Waals surface area contributed by atoms with Gasteiger partial charge in [0.15, 0.2) is 0 Å². The zero-order valence-electron chi connectivity index (χ0n) is 19.8. The van der Waals surface area contributed by atoms with Crippen molar-refractivity contribution in [2.45, 2.75) is 84.8 Å². The summed E-state index contributed by atoms with van der Waals surface area (Å²) < 4.78 is 5.25. The van der Waals surface area contributed by atoms with Gasteiger partial charge in [0.25, 0.3) is 0 Å². The van der Waals surface area contributed by atoms with Crippen LogP contribution in [-0.4, -0.2) is 41.6 Å². The Hall–Kier alpha value is -2.30. The molecule has 1 aliphatic heterocycles. The number of nitrogens with one attached hydrogen (secondary N) is 1. The van der Waals surface area contributed by atoms with Crippen LogP contribution >= 0.6 is 0 Å². The van der Waals surface area contributed by atoms with Crippen LogP contribution in [0.1, 0.15) is 77.8 Å². The lowest BCUT2D eigenvalue weighted by Gasteiger charge is -2.38. The topological polar surface area (TPSA) is 58.6 Å². The number of fused-ring (bicyclic) bond motifs is 2. The van der Waals surface area contributed by atoms with Gasteiger partial charge in [-0.25, -0.2) is 4.79 Å². The zero-order chi connectivity index (χ0) is 22.6. The summed E-state index contributed by atoms with van der Waals surface area (Å²) in [5, 5.41) is 2.77. The van der Waals surface area contributed by atoms with Crippen LogP contribution in [0.5, 0.6) is 0 Å². The Morgan fingerprint density at radius 3 is 2.65 bits per heavy atom. The van der Waals surface area contributed by atoms with Gasteiger partial charge in [0, 0.05) is 19.5 Å². The van der Waals surface area contributed by atoms with Crippen molar-refractivity contribution in [2.24, 2.45) is 5.92 Å². The lowest BCUT2D eigenvalue weighted by molar-refractivity contribution is -0.133. The second-order valence-electron chi connectivity index (χ2n) is 10.2. The molecule has 1 N–H and O–H groups in total. The van der Waals surface area contributed by atoms with Crippen LogP contribution in [0.15, 0.2) is 29.8 Å². The summed E-state index contributed by atoms with van der Waals surface area (Å²) >= 11 is 0. The number of hydrogen-bond acceptors (Lipinski definition) is 3. The van der Waals surface area contributed by atoms with Gasteiger partial charge in [0.1, 0.15) is 5.60 Å². The quantitative estimate of drug-likeness (QED) is 0.599. The molecule has 31 heavy (non-hydrogen) atoms. The smallest absolute Gasteiger partial charge is 0.407 e. The molecule has 5 nitrogen and oxygen atoms in total. The third kappa shape index (κ3) is 6.11. The summed E-state index contributed by atoms with van der Waals surface area (Å²) in [6.45, 7) is 11.4. The van der Waals surface area contributed by atoms with E-state index in [0.717, 1.165) is 38.6 Å². The fourth-order valence-electron chi connectivity index (χ4n) is 4.71. The maximum Gasteiger partial charge on any atom is 0.407 e. The molecule has 0 aromatic heterocycles. The molecular formula is C26H38N2O3. The van der Waals surface area contributed by atoms with Gasteiger partial charge in [-0.05, 0) is 81.1 Å². The number of carbonyl (C=O) groups is 2. The highest BCUT2D eigenvalue weighted by atomic mass is 16.6. The number of amides is 2. The van der Waals surface area contributed by atoms with E-state index in [1.165, 1.54) is 22.3 Å². The molecular weight excluding hydrogens is 388 g/mol. The molecule has 1 aromatic rings. The zero-order valence-corrected chi connectivity index (χ0v) is 19.8. The van der Waals surface area contributed by atoms with Crippen molar-refractivity contribution in [3.8, 4) is 0 Å². The highest BCUT2D eigenvalue weighted by Gasteiger charge is 2.36. The third-order valence-corrected chi connectivity index (χ3v) is 5.99. The van der Waals surface area contributed by atoms with E-state index in [1.54, 1.807) is 0 Å². The van der Waals surface area contributed by atoms with Crippen LogP contribution < -0.4 is 5.32 Å². The molecule has 1 aromatic carbocycles. The van der Waals surface area contributed by atoms with Crippen LogP contribution in [0.25, 0.3) is 5.57 Å². The number of carbonyl (C=O) groups excluding carboxylic acids is 2. The fraction of sp³-hybridized carbons (Fsp3) is 0.615. The average Bonchev–Trinajstić information content (AvgIpc) is 3.05. The summed E-state index contributed by atoms with van der Waals surface area (Å²) in [6, 6.07) is 8.91. The minimum Gasteiger partial charge on any atom is -0.444 e. The van der Waals surface area contributed by atoms with E-state index < -0.39 is 11.7 Å². The normalized spacial score (nSPS) is 18.1. The SMILES string of the molecule is CC(C)CC1C2=C(CCN1C(=O)CCCCNC(=O)OC(C)(C)C)c1ccccc1C2. The number of alkyl carbamates (subject to hydrolysis) is 1. The van der Waals surface area contributed by atoms with E-state index in [4.69, 9.17) is 4.74 Å². The minimum absolute atomic E-state index is 0.212. The van der Waals surface area contributed by atoms with Crippen molar-refractivity contribution in [3.05, 3.63) is 41.0 Å². The Bertz CT molecular complexity index is 835. The van der Waals surface area contributed by atoms with Gasteiger partial charge < -0.3 is 15.0 Å². The van der Waals surface area contributed by atoms with Crippen molar-refractivity contribution < 1.29 is 14.3 Å². The molecule has 1 unspecified atom stereocenters. The Morgan fingerprint density at radius 1 is 1.19 bits per heavy atom. The van der Waals surface area contributed by atoms with Gasteiger partial charge >= 0.3 is 6.09 Å². The molecule has 1 heterocycles. The maximum absolute atomic E-state index is 13.1. The van der Waals surface area contributed by atoms with Gasteiger partial charge in [-0.2, -0.15) is 0 Å². The molecule has 0 radical (unpaired) electrons. The van der Waals surface area contributed by atoms with Crippen LogP contribution in [0, 0.1) is 5.92 Å². The molecule has 0 saturated carbocycles. The Labute approximate surface area is 187 Å². The summed E-state index contributed by atoms with van der Waals surface area (Å²) in [5.41, 5.74) is 5.25. The highest BCUT2D eigenvalue weighted by molar-refractivity contribution is 5.83. The summed E-state index contributed by atoms with van der Waals surface area (Å²) in [7, 11) is 0. The highest BCUT2D eigenvalue weighted by Crippen LogP contribution is 2.42. The molecule has 1 atom stereocenters. The molecule has 0 bridgehead atoms. The third-order valence-electron chi connectivity index (χ3n) is 5.99. The van der Waals surface area contributed by atoms with Crippen LogP contribution in [0.2, 0.25) is 0 Å². The summed E-state index contributed by atoms with van der Waals surface area (Å²) in [5.74, 6) is 0.777. The largest absolute Gasteiger partial charge is 0.444 e. The first kappa shape index (κ1) is 23.4. The lowest BCUT2D eigenvalue weighted by Crippen LogP contribution is -2.45. The van der Waals surface area contributed by atoms with Crippen molar-refractivity contribution in [3.63, 3.8) is 0 Å². The molecule has 0 spiro atoms. The van der Waals surface area contributed by atoms with Crippen LogP contribution in [-0.2, 0) is 16.0 Å². The van der Waals surface area contributed by atoms with Gasteiger partial charge in [-0.3, -0.25) is 4.79 Å². The first-order chi connectivity index (χ1) is 14.7. The number of rotatable bonds is 7. The van der Waals surface area contributed by atoms with Crippen LogP contribution in [0.4, 0.5) is 4.79 Å². The molecule has 2 aliphatic rings. The first-order valence-corrected chi connectivity index (χ1v) is 11.7. The molecule has 170 valence electrons. The number of unbranched alkanes of at least 4 members (excludes halogenated alkanes) is 1. The minimum atomic E-state index is -0.493. The second-order valence-corrected chi connectivity index (χ2v) is 10.2. The van der Waals surface area contributed by atoms with Gasteiger partial charge in [-0.1, -0.05) is 38.1 Å². The predicted octanol–water partition coefficient (Wildman–Crippen LogP) is 5.34. The second kappa shape index (κ2) is 9.88. The molecule has 2 amide bonds.